The summed E-state index contributed by atoms with van der Waals surface area (Å²) >= 11 is 0. The molecular formula is C11H16N2O2. The van der Waals surface area contributed by atoms with E-state index in [4.69, 9.17) is 9.47 Å². The summed E-state index contributed by atoms with van der Waals surface area (Å²) < 4.78 is 11.0. The third-order valence-electron chi connectivity index (χ3n) is 2.47. The second kappa shape index (κ2) is 3.70. The van der Waals surface area contributed by atoms with Gasteiger partial charge < -0.3 is 14.8 Å². The highest BCUT2D eigenvalue weighted by molar-refractivity contribution is 5.30. The van der Waals surface area contributed by atoms with Crippen LogP contribution >= 0.6 is 0 Å². The highest BCUT2D eigenvalue weighted by Crippen LogP contribution is 2.25. The zero-order valence-corrected chi connectivity index (χ0v) is 9.33. The van der Waals surface area contributed by atoms with Crippen molar-refractivity contribution in [2.24, 2.45) is 0 Å². The minimum Gasteiger partial charge on any atom is -0.485 e. The average molecular weight is 208 g/mol. The molecule has 1 fully saturated rings. The van der Waals surface area contributed by atoms with Gasteiger partial charge in [-0.2, -0.15) is 0 Å². The van der Waals surface area contributed by atoms with Crippen molar-refractivity contribution < 1.29 is 9.47 Å². The molecule has 82 valence electrons. The number of hydrogen-bond acceptors (Lipinski definition) is 4. The quantitative estimate of drug-likeness (QED) is 0.809. The summed E-state index contributed by atoms with van der Waals surface area (Å²) in [5.74, 6) is 1.42. The molecule has 1 N–H and O–H groups in total. The molecule has 0 atom stereocenters. The Morgan fingerprint density at radius 2 is 2.13 bits per heavy atom. The monoisotopic (exact) mass is 208 g/mol. The Balaban J connectivity index is 2.16. The molecule has 1 aliphatic heterocycles. The average Bonchev–Trinajstić information content (AvgIpc) is 2.14. The predicted octanol–water partition coefficient (Wildman–Crippen LogP) is 1.14. The van der Waals surface area contributed by atoms with Gasteiger partial charge in [0.1, 0.15) is 11.4 Å². The molecule has 0 saturated carbocycles. The molecule has 2 rings (SSSR count). The van der Waals surface area contributed by atoms with E-state index in [0.29, 0.717) is 5.88 Å². The van der Waals surface area contributed by atoms with Crippen LogP contribution in [0.1, 0.15) is 12.6 Å². The van der Waals surface area contributed by atoms with E-state index in [2.05, 4.69) is 17.2 Å². The molecule has 0 unspecified atom stereocenters. The van der Waals surface area contributed by atoms with Crippen LogP contribution in [0.25, 0.3) is 0 Å². The molecule has 0 bridgehead atoms. The SMILES string of the molecule is COc1cc(OC2(C)CNC2)cc(C)n1. The maximum Gasteiger partial charge on any atom is 0.216 e. The third kappa shape index (κ3) is 2.21. The lowest BCUT2D eigenvalue weighted by Crippen LogP contribution is -2.61. The molecule has 4 heteroatoms. The first-order valence-electron chi connectivity index (χ1n) is 5.04. The molecule has 0 amide bonds. The summed E-state index contributed by atoms with van der Waals surface area (Å²) in [4.78, 5) is 4.21. The number of nitrogens with one attached hydrogen (secondary N) is 1. The van der Waals surface area contributed by atoms with E-state index in [1.165, 1.54) is 0 Å². The Hall–Kier alpha value is -1.29. The summed E-state index contributed by atoms with van der Waals surface area (Å²) in [5, 5.41) is 3.19. The van der Waals surface area contributed by atoms with Crippen LogP contribution in [0.4, 0.5) is 0 Å². The summed E-state index contributed by atoms with van der Waals surface area (Å²) in [5.41, 5.74) is 0.818. The molecule has 4 nitrogen and oxygen atoms in total. The van der Waals surface area contributed by atoms with Crippen LogP contribution in [0, 0.1) is 6.92 Å². The van der Waals surface area contributed by atoms with Gasteiger partial charge in [0, 0.05) is 30.9 Å². The normalized spacial score (nSPS) is 18.1. The summed E-state index contributed by atoms with van der Waals surface area (Å²) in [6.45, 7) is 5.79. The van der Waals surface area contributed by atoms with Gasteiger partial charge >= 0.3 is 0 Å². The van der Waals surface area contributed by atoms with E-state index in [9.17, 15) is 0 Å². The first-order chi connectivity index (χ1) is 7.11. The Morgan fingerprint density at radius 3 is 2.67 bits per heavy atom. The van der Waals surface area contributed by atoms with Crippen molar-refractivity contribution in [3.05, 3.63) is 17.8 Å². The van der Waals surface area contributed by atoms with Gasteiger partial charge in [0.2, 0.25) is 5.88 Å². The first-order valence-corrected chi connectivity index (χ1v) is 5.04. The molecule has 1 saturated heterocycles. The molecule has 0 aromatic carbocycles. The molecule has 1 aromatic rings. The van der Waals surface area contributed by atoms with Crippen molar-refractivity contribution >= 4 is 0 Å². The zero-order valence-electron chi connectivity index (χ0n) is 9.33. The summed E-state index contributed by atoms with van der Waals surface area (Å²) in [7, 11) is 1.61. The highest BCUT2D eigenvalue weighted by Gasteiger charge is 2.33. The van der Waals surface area contributed by atoms with Crippen LogP contribution in [0.15, 0.2) is 12.1 Å². The maximum absolute atomic E-state index is 5.88. The number of methoxy groups -OCH3 is 1. The van der Waals surface area contributed by atoms with Gasteiger partial charge in [-0.15, -0.1) is 0 Å². The van der Waals surface area contributed by atoms with Crippen molar-refractivity contribution in [1.29, 1.82) is 0 Å². The van der Waals surface area contributed by atoms with Crippen LogP contribution < -0.4 is 14.8 Å². The molecular weight excluding hydrogens is 192 g/mol. The highest BCUT2D eigenvalue weighted by atomic mass is 16.5. The van der Waals surface area contributed by atoms with Gasteiger partial charge in [-0.1, -0.05) is 0 Å². The van der Waals surface area contributed by atoms with Gasteiger partial charge in [0.25, 0.3) is 0 Å². The lowest BCUT2D eigenvalue weighted by atomic mass is 10.00. The number of rotatable bonds is 3. The standard InChI is InChI=1S/C11H16N2O2/c1-8-4-9(5-10(13-8)14-3)15-11(2)6-12-7-11/h4-5,12H,6-7H2,1-3H3. The van der Waals surface area contributed by atoms with Gasteiger partial charge in [0.15, 0.2) is 0 Å². The van der Waals surface area contributed by atoms with E-state index < -0.39 is 0 Å². The van der Waals surface area contributed by atoms with E-state index in [1.807, 2.05) is 19.1 Å². The minimum absolute atomic E-state index is 0.0845. The van der Waals surface area contributed by atoms with Crippen molar-refractivity contribution in [2.75, 3.05) is 20.2 Å². The summed E-state index contributed by atoms with van der Waals surface area (Å²) in [6, 6.07) is 3.74. The number of pyridine rings is 1. The fraction of sp³-hybridized carbons (Fsp3) is 0.545. The van der Waals surface area contributed by atoms with E-state index in [1.54, 1.807) is 7.11 Å². The first kappa shape index (κ1) is 10.2. The lowest BCUT2D eigenvalue weighted by molar-refractivity contribution is 0.0345. The van der Waals surface area contributed by atoms with Crippen LogP contribution in [-0.2, 0) is 0 Å². The minimum atomic E-state index is -0.0845. The van der Waals surface area contributed by atoms with E-state index in [0.717, 1.165) is 24.5 Å². The second-order valence-electron chi connectivity index (χ2n) is 4.14. The smallest absolute Gasteiger partial charge is 0.216 e. The van der Waals surface area contributed by atoms with Crippen molar-refractivity contribution in [3.63, 3.8) is 0 Å². The topological polar surface area (TPSA) is 43.4 Å². The van der Waals surface area contributed by atoms with Gasteiger partial charge in [-0.25, -0.2) is 4.98 Å². The van der Waals surface area contributed by atoms with Gasteiger partial charge in [-0.3, -0.25) is 0 Å². The molecule has 2 heterocycles. The number of nitrogens with zero attached hydrogens (tertiary/aromatic N) is 1. The third-order valence-corrected chi connectivity index (χ3v) is 2.47. The molecule has 15 heavy (non-hydrogen) atoms. The van der Waals surface area contributed by atoms with Crippen molar-refractivity contribution in [1.82, 2.24) is 10.3 Å². The van der Waals surface area contributed by atoms with Crippen LogP contribution in [0.3, 0.4) is 0 Å². The fourth-order valence-electron chi connectivity index (χ4n) is 1.60. The number of aryl methyl sites for hydroxylation is 1. The van der Waals surface area contributed by atoms with Crippen LogP contribution in [0.2, 0.25) is 0 Å². The Labute approximate surface area is 89.6 Å². The lowest BCUT2D eigenvalue weighted by Gasteiger charge is -2.39. The molecule has 0 spiro atoms. The largest absolute Gasteiger partial charge is 0.485 e. The number of aromatic nitrogens is 1. The summed E-state index contributed by atoms with van der Waals surface area (Å²) in [6.07, 6.45) is 0. The second-order valence-corrected chi connectivity index (χ2v) is 4.14. The Kier molecular flexibility index (Phi) is 2.52. The van der Waals surface area contributed by atoms with Crippen LogP contribution in [0.5, 0.6) is 11.6 Å². The van der Waals surface area contributed by atoms with E-state index >= 15 is 0 Å². The fourth-order valence-corrected chi connectivity index (χ4v) is 1.60. The van der Waals surface area contributed by atoms with Crippen molar-refractivity contribution in [2.45, 2.75) is 19.4 Å². The predicted molar refractivity (Wildman–Crippen MR) is 57.4 cm³/mol. The number of ether oxygens (including phenoxy) is 2. The van der Waals surface area contributed by atoms with E-state index in [-0.39, 0.29) is 5.60 Å². The van der Waals surface area contributed by atoms with Crippen molar-refractivity contribution in [3.8, 4) is 11.6 Å². The van der Waals surface area contributed by atoms with Crippen LogP contribution in [-0.4, -0.2) is 30.8 Å². The van der Waals surface area contributed by atoms with Gasteiger partial charge in [0.05, 0.1) is 7.11 Å². The van der Waals surface area contributed by atoms with Gasteiger partial charge in [-0.05, 0) is 13.8 Å². The number of hydrogen-bond donors (Lipinski definition) is 1. The zero-order chi connectivity index (χ0) is 10.9. The molecule has 0 radical (unpaired) electrons. The maximum atomic E-state index is 5.88. The Morgan fingerprint density at radius 1 is 1.40 bits per heavy atom. The molecule has 0 aliphatic carbocycles. The molecule has 1 aromatic heterocycles. The Bertz CT molecular complexity index is 362. The molecule has 1 aliphatic rings.